The summed E-state index contributed by atoms with van der Waals surface area (Å²) in [6.07, 6.45) is 0. The second-order valence-corrected chi connectivity index (χ2v) is 5.05. The van der Waals surface area contributed by atoms with Crippen LogP contribution in [0.3, 0.4) is 0 Å². The van der Waals surface area contributed by atoms with Gasteiger partial charge in [-0.05, 0) is 23.7 Å². The van der Waals surface area contributed by atoms with E-state index in [-0.39, 0.29) is 0 Å². The van der Waals surface area contributed by atoms with Gasteiger partial charge in [0.1, 0.15) is 5.51 Å². The van der Waals surface area contributed by atoms with Crippen LogP contribution in [0, 0.1) is 0 Å². The number of benzene rings is 1. The average molecular weight is 260 g/mol. The number of hydrogen-bond acceptors (Lipinski definition) is 5. The van der Waals surface area contributed by atoms with E-state index in [9.17, 15) is 0 Å². The van der Waals surface area contributed by atoms with E-state index in [1.807, 2.05) is 0 Å². The molecule has 0 N–H and O–H groups in total. The van der Waals surface area contributed by atoms with Gasteiger partial charge in [-0.25, -0.2) is 4.98 Å². The second-order valence-electron chi connectivity index (χ2n) is 4.45. The summed E-state index contributed by atoms with van der Waals surface area (Å²) in [4.78, 5) is 9.09. The van der Waals surface area contributed by atoms with E-state index >= 15 is 0 Å². The van der Waals surface area contributed by atoms with Crippen molar-refractivity contribution < 1.29 is 0 Å². The van der Waals surface area contributed by atoms with Crippen LogP contribution in [0.5, 0.6) is 0 Å². The van der Waals surface area contributed by atoms with Crippen LogP contribution in [0.4, 0.5) is 5.69 Å². The Morgan fingerprint density at radius 1 is 1.06 bits per heavy atom. The van der Waals surface area contributed by atoms with Crippen LogP contribution in [0.25, 0.3) is 0 Å². The number of para-hydroxylation sites is 1. The van der Waals surface area contributed by atoms with Gasteiger partial charge in [-0.3, -0.25) is 4.90 Å². The number of piperazine rings is 1. The van der Waals surface area contributed by atoms with Crippen LogP contribution >= 0.6 is 11.5 Å². The van der Waals surface area contributed by atoms with E-state index in [4.69, 9.17) is 0 Å². The maximum absolute atomic E-state index is 4.26. The van der Waals surface area contributed by atoms with Gasteiger partial charge in [0.15, 0.2) is 5.82 Å². The van der Waals surface area contributed by atoms with Gasteiger partial charge in [0.2, 0.25) is 0 Å². The minimum Gasteiger partial charge on any atom is -0.369 e. The van der Waals surface area contributed by atoms with Gasteiger partial charge in [0.25, 0.3) is 0 Å². The lowest BCUT2D eigenvalue weighted by Gasteiger charge is -2.35. The zero-order chi connectivity index (χ0) is 12.2. The standard InChI is InChI=1S/C13H16N4S/c1-2-4-12(5-3-1)17-8-6-16(7-9-17)10-13-14-11-18-15-13/h1-5,11H,6-10H2. The molecule has 1 aliphatic heterocycles. The summed E-state index contributed by atoms with van der Waals surface area (Å²) >= 11 is 1.43. The molecule has 0 radical (unpaired) electrons. The third-order valence-electron chi connectivity index (χ3n) is 3.27. The Hall–Kier alpha value is -1.46. The number of rotatable bonds is 3. The molecule has 2 heterocycles. The van der Waals surface area contributed by atoms with E-state index in [0.717, 1.165) is 38.5 Å². The smallest absolute Gasteiger partial charge is 0.156 e. The highest BCUT2D eigenvalue weighted by Crippen LogP contribution is 2.16. The summed E-state index contributed by atoms with van der Waals surface area (Å²) < 4.78 is 4.26. The topological polar surface area (TPSA) is 32.3 Å². The first-order valence-corrected chi connectivity index (χ1v) is 7.03. The molecule has 0 spiro atoms. The molecular formula is C13H16N4S. The fourth-order valence-electron chi connectivity index (χ4n) is 2.27. The summed E-state index contributed by atoms with van der Waals surface area (Å²) in [7, 11) is 0. The zero-order valence-corrected chi connectivity index (χ0v) is 11.0. The lowest BCUT2D eigenvalue weighted by Crippen LogP contribution is -2.46. The van der Waals surface area contributed by atoms with Crippen molar-refractivity contribution in [2.75, 3.05) is 31.1 Å². The Morgan fingerprint density at radius 2 is 1.83 bits per heavy atom. The SMILES string of the molecule is c1ccc(N2CCN(Cc3ncsn3)CC2)cc1. The number of anilines is 1. The predicted molar refractivity (Wildman–Crippen MR) is 73.8 cm³/mol. The van der Waals surface area contributed by atoms with Crippen molar-refractivity contribution in [1.29, 1.82) is 0 Å². The van der Waals surface area contributed by atoms with E-state index in [2.05, 4.69) is 49.5 Å². The molecule has 1 fully saturated rings. The molecule has 3 rings (SSSR count). The van der Waals surface area contributed by atoms with Crippen LogP contribution < -0.4 is 4.90 Å². The quantitative estimate of drug-likeness (QED) is 0.843. The maximum Gasteiger partial charge on any atom is 0.156 e. The fraction of sp³-hybridized carbons (Fsp3) is 0.385. The molecule has 1 aromatic carbocycles. The average Bonchev–Trinajstić information content (AvgIpc) is 2.94. The highest BCUT2D eigenvalue weighted by atomic mass is 32.1. The van der Waals surface area contributed by atoms with Crippen molar-refractivity contribution in [3.63, 3.8) is 0 Å². The second kappa shape index (κ2) is 5.46. The molecular weight excluding hydrogens is 244 g/mol. The van der Waals surface area contributed by atoms with Crippen molar-refractivity contribution in [2.45, 2.75) is 6.54 Å². The fourth-order valence-corrected chi connectivity index (χ4v) is 2.71. The normalized spacial score (nSPS) is 17.0. The summed E-state index contributed by atoms with van der Waals surface area (Å²) in [5, 5.41) is 0. The molecule has 0 saturated carbocycles. The first-order valence-electron chi connectivity index (χ1n) is 6.19. The Bertz CT molecular complexity index is 463. The van der Waals surface area contributed by atoms with E-state index in [1.54, 1.807) is 5.51 Å². The Kier molecular flexibility index (Phi) is 3.52. The molecule has 1 aliphatic rings. The largest absolute Gasteiger partial charge is 0.369 e. The van der Waals surface area contributed by atoms with E-state index < -0.39 is 0 Å². The van der Waals surface area contributed by atoms with E-state index in [1.165, 1.54) is 17.2 Å². The molecule has 1 saturated heterocycles. The Labute approximate surface area is 111 Å². The van der Waals surface area contributed by atoms with Gasteiger partial charge in [-0.1, -0.05) is 18.2 Å². The van der Waals surface area contributed by atoms with Gasteiger partial charge < -0.3 is 4.90 Å². The van der Waals surface area contributed by atoms with Crippen molar-refractivity contribution >= 4 is 17.2 Å². The molecule has 1 aromatic heterocycles. The molecule has 18 heavy (non-hydrogen) atoms. The molecule has 0 atom stereocenters. The van der Waals surface area contributed by atoms with Gasteiger partial charge in [-0.2, -0.15) is 4.37 Å². The lowest BCUT2D eigenvalue weighted by molar-refractivity contribution is 0.245. The maximum atomic E-state index is 4.26. The Morgan fingerprint density at radius 3 is 2.50 bits per heavy atom. The third kappa shape index (κ3) is 2.68. The highest BCUT2D eigenvalue weighted by Gasteiger charge is 2.17. The molecule has 0 bridgehead atoms. The summed E-state index contributed by atoms with van der Waals surface area (Å²) in [5.41, 5.74) is 3.12. The van der Waals surface area contributed by atoms with E-state index in [0.29, 0.717) is 0 Å². The molecule has 2 aromatic rings. The predicted octanol–water partition coefficient (Wildman–Crippen LogP) is 1.86. The first kappa shape index (κ1) is 11.6. The van der Waals surface area contributed by atoms with Crippen LogP contribution in [-0.4, -0.2) is 40.4 Å². The summed E-state index contributed by atoms with van der Waals surface area (Å²) in [6.45, 7) is 5.19. The van der Waals surface area contributed by atoms with Gasteiger partial charge in [0, 0.05) is 31.9 Å². The van der Waals surface area contributed by atoms with Crippen LogP contribution in [0.2, 0.25) is 0 Å². The molecule has 0 unspecified atom stereocenters. The van der Waals surface area contributed by atoms with Crippen molar-refractivity contribution in [2.24, 2.45) is 0 Å². The summed E-state index contributed by atoms with van der Waals surface area (Å²) in [6, 6.07) is 10.6. The van der Waals surface area contributed by atoms with Crippen molar-refractivity contribution in [3.8, 4) is 0 Å². The first-order chi connectivity index (χ1) is 8.92. The monoisotopic (exact) mass is 260 g/mol. The summed E-state index contributed by atoms with van der Waals surface area (Å²) in [5.74, 6) is 0.952. The zero-order valence-electron chi connectivity index (χ0n) is 10.2. The lowest BCUT2D eigenvalue weighted by atomic mass is 10.2. The van der Waals surface area contributed by atoms with Crippen LogP contribution in [-0.2, 0) is 6.54 Å². The number of hydrogen-bond donors (Lipinski definition) is 0. The number of aromatic nitrogens is 2. The minimum atomic E-state index is 0.881. The van der Waals surface area contributed by atoms with Crippen molar-refractivity contribution in [3.05, 3.63) is 41.7 Å². The minimum absolute atomic E-state index is 0.881. The highest BCUT2D eigenvalue weighted by molar-refractivity contribution is 7.03. The van der Waals surface area contributed by atoms with Crippen molar-refractivity contribution in [1.82, 2.24) is 14.3 Å². The molecule has 4 nitrogen and oxygen atoms in total. The van der Waals surface area contributed by atoms with Gasteiger partial charge >= 0.3 is 0 Å². The van der Waals surface area contributed by atoms with Crippen LogP contribution in [0.15, 0.2) is 35.8 Å². The molecule has 0 aliphatic carbocycles. The Balaban J connectivity index is 1.55. The number of nitrogens with zero attached hydrogens (tertiary/aromatic N) is 4. The molecule has 94 valence electrons. The molecule has 5 heteroatoms. The third-order valence-corrected chi connectivity index (χ3v) is 3.78. The van der Waals surface area contributed by atoms with Gasteiger partial charge in [-0.15, -0.1) is 0 Å². The van der Waals surface area contributed by atoms with Crippen LogP contribution in [0.1, 0.15) is 5.82 Å². The van der Waals surface area contributed by atoms with Gasteiger partial charge in [0.05, 0.1) is 6.54 Å². The molecule has 0 amide bonds.